The lowest BCUT2D eigenvalue weighted by molar-refractivity contribution is -0.0874. The number of halogens is 1. The number of rotatable bonds is 1. The number of thioether (sulfide) groups is 1. The van der Waals surface area contributed by atoms with E-state index in [-0.39, 0.29) is 12.0 Å². The maximum Gasteiger partial charge on any atom is 0.154 e. The number of hydrogen-bond acceptors (Lipinski definition) is 5. The van der Waals surface area contributed by atoms with Gasteiger partial charge in [0.1, 0.15) is 17.4 Å². The molecule has 1 aliphatic carbocycles. The van der Waals surface area contributed by atoms with Gasteiger partial charge in [0, 0.05) is 21.7 Å². The van der Waals surface area contributed by atoms with Crippen molar-refractivity contribution in [3.63, 3.8) is 0 Å². The molecule has 1 fully saturated rings. The van der Waals surface area contributed by atoms with E-state index in [0.29, 0.717) is 18.0 Å². The normalized spacial score (nSPS) is 34.5. The van der Waals surface area contributed by atoms with Crippen LogP contribution >= 0.6 is 27.7 Å². The molecule has 2 heterocycles. The smallest absolute Gasteiger partial charge is 0.154 e. The quantitative estimate of drug-likeness (QED) is 0.692. The van der Waals surface area contributed by atoms with Gasteiger partial charge < -0.3 is 15.6 Å². The predicted octanol–water partition coefficient (Wildman–Crippen LogP) is 4.15. The van der Waals surface area contributed by atoms with E-state index in [1.807, 2.05) is 42.5 Å². The molecule has 4 nitrogen and oxygen atoms in total. The SMILES string of the molecule is NC1=N[C@]2(CS1)c1cc(Br)ccc1OC1CCC(O)(c3ccccc3)C[C@@H]12. The third-order valence-electron chi connectivity index (χ3n) is 6.21. The van der Waals surface area contributed by atoms with Gasteiger partial charge in [-0.05, 0) is 43.0 Å². The molecule has 140 valence electrons. The van der Waals surface area contributed by atoms with Crippen molar-refractivity contribution in [3.05, 3.63) is 64.1 Å². The standard InChI is InChI=1S/C21H21BrN2O2S/c22-14-6-7-17-15(10-14)21(12-27-19(23)24-21)16-11-20(25,9-8-18(16)26-17)13-4-2-1-3-5-13/h1-7,10,16,18,25H,8-9,11-12H2,(H2,23,24)/t16-,18?,20?,21+/m0/s1. The van der Waals surface area contributed by atoms with Gasteiger partial charge in [0.2, 0.25) is 0 Å². The van der Waals surface area contributed by atoms with E-state index in [9.17, 15) is 5.11 Å². The second-order valence-corrected chi connectivity index (χ2v) is 9.62. The van der Waals surface area contributed by atoms with Crippen LogP contribution in [0.25, 0.3) is 0 Å². The lowest BCUT2D eigenvalue weighted by Gasteiger charge is -2.51. The van der Waals surface area contributed by atoms with Crippen LogP contribution in [-0.4, -0.2) is 22.1 Å². The third-order valence-corrected chi connectivity index (χ3v) is 7.67. The minimum absolute atomic E-state index is 0.0397. The molecule has 0 bridgehead atoms. The van der Waals surface area contributed by atoms with E-state index in [1.165, 1.54) is 0 Å². The van der Waals surface area contributed by atoms with Gasteiger partial charge in [-0.25, -0.2) is 4.99 Å². The summed E-state index contributed by atoms with van der Waals surface area (Å²) in [5.41, 5.74) is 6.87. The number of benzene rings is 2. The second kappa shape index (κ2) is 6.26. The molecule has 2 unspecified atom stereocenters. The number of aliphatic imine (C=N–C) groups is 1. The van der Waals surface area contributed by atoms with Crippen molar-refractivity contribution in [2.24, 2.45) is 16.6 Å². The van der Waals surface area contributed by atoms with Gasteiger partial charge in [-0.15, -0.1) is 0 Å². The van der Waals surface area contributed by atoms with Crippen LogP contribution in [0.4, 0.5) is 0 Å². The van der Waals surface area contributed by atoms with Crippen LogP contribution in [0.15, 0.2) is 58.0 Å². The number of hydrogen-bond donors (Lipinski definition) is 2. The lowest BCUT2D eigenvalue weighted by atomic mass is 9.63. The summed E-state index contributed by atoms with van der Waals surface area (Å²) >= 11 is 5.19. The molecule has 2 aromatic rings. The summed E-state index contributed by atoms with van der Waals surface area (Å²) < 4.78 is 7.39. The van der Waals surface area contributed by atoms with E-state index < -0.39 is 11.1 Å². The molecule has 2 aliphatic heterocycles. The van der Waals surface area contributed by atoms with Crippen LogP contribution in [0.2, 0.25) is 0 Å². The number of nitrogens with two attached hydrogens (primary N) is 1. The van der Waals surface area contributed by atoms with Crippen molar-refractivity contribution >= 4 is 32.9 Å². The molecule has 6 heteroatoms. The first kappa shape index (κ1) is 17.6. The van der Waals surface area contributed by atoms with Gasteiger partial charge >= 0.3 is 0 Å². The summed E-state index contributed by atoms with van der Waals surface area (Å²) in [7, 11) is 0. The topological polar surface area (TPSA) is 67.8 Å². The largest absolute Gasteiger partial charge is 0.490 e. The first-order valence-electron chi connectivity index (χ1n) is 9.23. The Hall–Kier alpha value is -1.50. The van der Waals surface area contributed by atoms with Crippen LogP contribution in [-0.2, 0) is 11.1 Å². The van der Waals surface area contributed by atoms with E-state index in [0.717, 1.165) is 33.5 Å². The Kier molecular flexibility index (Phi) is 4.08. The fourth-order valence-corrected chi connectivity index (χ4v) is 6.28. The number of fused-ring (bicyclic) bond motifs is 4. The Morgan fingerprint density at radius 3 is 2.78 bits per heavy atom. The molecule has 3 aliphatic rings. The van der Waals surface area contributed by atoms with Gasteiger partial charge in [0.15, 0.2) is 5.17 Å². The van der Waals surface area contributed by atoms with Crippen molar-refractivity contribution < 1.29 is 9.84 Å². The minimum Gasteiger partial charge on any atom is -0.490 e. The van der Waals surface area contributed by atoms with Crippen LogP contribution in [0.5, 0.6) is 5.75 Å². The zero-order valence-electron chi connectivity index (χ0n) is 14.8. The maximum atomic E-state index is 11.5. The van der Waals surface area contributed by atoms with E-state index in [2.05, 4.69) is 22.0 Å². The van der Waals surface area contributed by atoms with Crippen LogP contribution in [0.1, 0.15) is 30.4 Å². The first-order chi connectivity index (χ1) is 13.0. The lowest BCUT2D eigenvalue weighted by Crippen LogP contribution is -2.53. The van der Waals surface area contributed by atoms with Crippen LogP contribution in [0, 0.1) is 5.92 Å². The van der Waals surface area contributed by atoms with Crippen molar-refractivity contribution in [1.82, 2.24) is 0 Å². The Labute approximate surface area is 171 Å². The van der Waals surface area contributed by atoms with Gasteiger partial charge in [-0.1, -0.05) is 58.0 Å². The highest BCUT2D eigenvalue weighted by molar-refractivity contribution is 9.10. The zero-order chi connectivity index (χ0) is 18.6. The Morgan fingerprint density at radius 1 is 1.22 bits per heavy atom. The van der Waals surface area contributed by atoms with Crippen molar-refractivity contribution in [2.75, 3.05) is 5.75 Å². The summed E-state index contributed by atoms with van der Waals surface area (Å²) in [5.74, 6) is 1.76. The van der Waals surface area contributed by atoms with Gasteiger partial charge in [0.25, 0.3) is 0 Å². The van der Waals surface area contributed by atoms with Gasteiger partial charge in [-0.3, -0.25) is 0 Å². The monoisotopic (exact) mass is 444 g/mol. The van der Waals surface area contributed by atoms with Crippen molar-refractivity contribution in [3.8, 4) is 5.75 Å². The van der Waals surface area contributed by atoms with E-state index in [4.69, 9.17) is 15.5 Å². The summed E-state index contributed by atoms with van der Waals surface area (Å²) in [6.45, 7) is 0. The summed E-state index contributed by atoms with van der Waals surface area (Å²) in [5, 5.41) is 12.2. The highest BCUT2D eigenvalue weighted by atomic mass is 79.9. The predicted molar refractivity (Wildman–Crippen MR) is 112 cm³/mol. The molecule has 4 atom stereocenters. The van der Waals surface area contributed by atoms with Crippen molar-refractivity contribution in [2.45, 2.75) is 36.5 Å². The fraction of sp³-hybridized carbons (Fsp3) is 0.381. The molecular formula is C21H21BrN2O2S. The molecule has 27 heavy (non-hydrogen) atoms. The van der Waals surface area contributed by atoms with Crippen LogP contribution < -0.4 is 10.5 Å². The molecule has 2 aromatic carbocycles. The molecule has 1 saturated carbocycles. The fourth-order valence-electron chi connectivity index (χ4n) is 4.89. The number of aliphatic hydroxyl groups is 1. The maximum absolute atomic E-state index is 11.5. The summed E-state index contributed by atoms with van der Waals surface area (Å²) in [4.78, 5) is 4.95. The van der Waals surface area contributed by atoms with Gasteiger partial charge in [-0.2, -0.15) is 0 Å². The molecule has 0 saturated heterocycles. The molecule has 0 amide bonds. The second-order valence-electron chi connectivity index (χ2n) is 7.71. The number of amidine groups is 1. The average molecular weight is 445 g/mol. The van der Waals surface area contributed by atoms with E-state index in [1.54, 1.807) is 11.8 Å². The highest BCUT2D eigenvalue weighted by Crippen LogP contribution is 2.57. The van der Waals surface area contributed by atoms with Crippen LogP contribution in [0.3, 0.4) is 0 Å². The number of ether oxygens (including phenoxy) is 1. The molecule has 0 radical (unpaired) electrons. The molecule has 0 aromatic heterocycles. The zero-order valence-corrected chi connectivity index (χ0v) is 17.2. The van der Waals surface area contributed by atoms with Crippen molar-refractivity contribution in [1.29, 1.82) is 0 Å². The Morgan fingerprint density at radius 2 is 2.04 bits per heavy atom. The minimum atomic E-state index is -0.861. The highest BCUT2D eigenvalue weighted by Gasteiger charge is 2.57. The molecular weight excluding hydrogens is 424 g/mol. The Bertz CT molecular complexity index is 922. The third kappa shape index (κ3) is 2.72. The summed E-state index contributed by atoms with van der Waals surface area (Å²) in [6, 6.07) is 16.1. The molecule has 1 spiro atoms. The Balaban J connectivity index is 1.62. The van der Waals surface area contributed by atoms with E-state index >= 15 is 0 Å². The molecule has 5 rings (SSSR count). The molecule has 3 N–H and O–H groups in total. The average Bonchev–Trinajstić information content (AvgIpc) is 3.07. The van der Waals surface area contributed by atoms with Gasteiger partial charge in [0.05, 0.1) is 5.60 Å². The first-order valence-corrected chi connectivity index (χ1v) is 11.0. The number of nitrogens with zero attached hydrogens (tertiary/aromatic N) is 1. The summed E-state index contributed by atoms with van der Waals surface area (Å²) in [6.07, 6.45) is 2.14.